The predicted octanol–water partition coefficient (Wildman–Crippen LogP) is 5.19. The van der Waals surface area contributed by atoms with Crippen molar-refractivity contribution in [2.24, 2.45) is 0 Å². The van der Waals surface area contributed by atoms with Crippen molar-refractivity contribution in [1.82, 2.24) is 0 Å². The number of amides is 1. The first kappa shape index (κ1) is 18.9. The molecule has 2 N–H and O–H groups in total. The van der Waals surface area contributed by atoms with Crippen LogP contribution in [0, 0.1) is 5.82 Å². The second-order valence-corrected chi connectivity index (χ2v) is 7.47. The van der Waals surface area contributed by atoms with Crippen LogP contribution in [0.2, 0.25) is 0 Å². The van der Waals surface area contributed by atoms with Gasteiger partial charge in [-0.1, -0.05) is 42.5 Å². The lowest BCUT2D eigenvalue weighted by molar-refractivity contribution is 0.0986. The Bertz CT molecular complexity index is 1220. The molecule has 1 heterocycles. The largest absolute Gasteiger partial charge is 0.508 e. The molecule has 0 fully saturated rings. The van der Waals surface area contributed by atoms with Crippen LogP contribution in [0.15, 0.2) is 97.1 Å². The molecule has 0 radical (unpaired) electrons. The van der Waals surface area contributed by atoms with Gasteiger partial charge in [-0.05, 0) is 71.3 Å². The van der Waals surface area contributed by atoms with E-state index in [-0.39, 0.29) is 17.4 Å². The molecule has 0 aliphatic carbocycles. The molecule has 0 bridgehead atoms. The second-order valence-electron chi connectivity index (χ2n) is 7.47. The number of carbonyl (C=O) groups is 1. The number of rotatable bonds is 3. The maximum Gasteiger partial charge on any atom is 0.260 e. The number of hydrogen-bond acceptors (Lipinski definition) is 3. The highest BCUT2D eigenvalue weighted by Crippen LogP contribution is 2.51. The highest BCUT2D eigenvalue weighted by Gasteiger charge is 2.52. The fraction of sp³-hybridized carbons (Fsp3) is 0.0385. The number of carbonyl (C=O) groups excluding carboxylic acids is 1. The minimum absolute atomic E-state index is 0.107. The summed E-state index contributed by atoms with van der Waals surface area (Å²) in [5.41, 5.74) is 2.25. The Kier molecular flexibility index (Phi) is 4.26. The third kappa shape index (κ3) is 2.78. The van der Waals surface area contributed by atoms with Crippen LogP contribution < -0.4 is 4.90 Å². The summed E-state index contributed by atoms with van der Waals surface area (Å²) in [5.74, 6) is -0.401. The minimum Gasteiger partial charge on any atom is -0.508 e. The van der Waals surface area contributed by atoms with Crippen LogP contribution in [0.1, 0.15) is 27.0 Å². The molecule has 0 unspecified atom stereocenters. The SMILES string of the molecule is O=C1c2ccccc2C(c2ccc(O)cc2)(c2ccc(O)cc2)N1c1ccc(F)cc1. The maximum absolute atomic E-state index is 13.7. The third-order valence-electron chi connectivity index (χ3n) is 5.74. The summed E-state index contributed by atoms with van der Waals surface area (Å²) in [7, 11) is 0. The van der Waals surface area contributed by atoms with Crippen LogP contribution >= 0.6 is 0 Å². The Balaban J connectivity index is 1.90. The maximum atomic E-state index is 13.7. The lowest BCUT2D eigenvalue weighted by Gasteiger charge is -2.40. The molecule has 1 aliphatic rings. The summed E-state index contributed by atoms with van der Waals surface area (Å²) in [6.07, 6.45) is 0. The van der Waals surface area contributed by atoms with E-state index in [4.69, 9.17) is 0 Å². The number of aromatic hydroxyl groups is 2. The Morgan fingerprint density at radius 1 is 0.677 bits per heavy atom. The van der Waals surface area contributed by atoms with Gasteiger partial charge in [0.05, 0.1) is 0 Å². The summed E-state index contributed by atoms with van der Waals surface area (Å²) in [6, 6.07) is 26.5. The van der Waals surface area contributed by atoms with Crippen LogP contribution in [0.5, 0.6) is 11.5 Å². The number of benzene rings is 4. The predicted molar refractivity (Wildman–Crippen MR) is 116 cm³/mol. The van der Waals surface area contributed by atoms with E-state index in [2.05, 4.69) is 0 Å². The summed E-state index contributed by atoms with van der Waals surface area (Å²) in [5, 5.41) is 19.8. The van der Waals surface area contributed by atoms with E-state index < -0.39 is 11.4 Å². The summed E-state index contributed by atoms with van der Waals surface area (Å²) < 4.78 is 13.7. The first-order valence-electron chi connectivity index (χ1n) is 9.80. The molecular formula is C26H18FNO3. The number of hydrogen-bond donors (Lipinski definition) is 2. The van der Waals surface area contributed by atoms with Gasteiger partial charge in [0, 0.05) is 11.3 Å². The molecular weight excluding hydrogens is 393 g/mol. The Labute approximate surface area is 178 Å². The van der Waals surface area contributed by atoms with Gasteiger partial charge >= 0.3 is 0 Å². The average Bonchev–Trinajstić information content (AvgIpc) is 3.05. The van der Waals surface area contributed by atoms with E-state index in [1.54, 1.807) is 71.6 Å². The standard InChI is InChI=1S/C26H18FNO3/c27-19-9-11-20(12-10-19)28-25(31)23-3-1-2-4-24(23)26(28,17-5-13-21(29)14-6-17)18-7-15-22(30)16-8-18/h1-16,29-30H. The lowest BCUT2D eigenvalue weighted by atomic mass is 9.76. The Morgan fingerprint density at radius 3 is 1.74 bits per heavy atom. The van der Waals surface area contributed by atoms with E-state index >= 15 is 0 Å². The summed E-state index contributed by atoms with van der Waals surface area (Å²) >= 11 is 0. The van der Waals surface area contributed by atoms with E-state index in [1.807, 2.05) is 18.2 Å². The van der Waals surface area contributed by atoms with Crippen molar-refractivity contribution in [3.63, 3.8) is 0 Å². The van der Waals surface area contributed by atoms with E-state index in [0.29, 0.717) is 11.3 Å². The van der Waals surface area contributed by atoms with Crippen LogP contribution in [0.3, 0.4) is 0 Å². The topological polar surface area (TPSA) is 60.8 Å². The zero-order chi connectivity index (χ0) is 21.6. The van der Waals surface area contributed by atoms with Crippen molar-refractivity contribution in [1.29, 1.82) is 0 Å². The number of fused-ring (bicyclic) bond motifs is 1. The van der Waals surface area contributed by atoms with Crippen molar-refractivity contribution in [3.8, 4) is 11.5 Å². The molecule has 0 saturated heterocycles. The number of anilines is 1. The summed E-state index contributed by atoms with van der Waals surface area (Å²) in [4.78, 5) is 15.4. The zero-order valence-corrected chi connectivity index (χ0v) is 16.4. The molecule has 1 amide bonds. The molecule has 5 heteroatoms. The number of phenolic OH excluding ortho intramolecular Hbond substituents is 2. The number of halogens is 1. The lowest BCUT2D eigenvalue weighted by Crippen LogP contribution is -2.46. The normalized spacial score (nSPS) is 14.5. The first-order valence-corrected chi connectivity index (χ1v) is 9.80. The molecule has 0 aromatic heterocycles. The molecule has 5 rings (SSSR count). The van der Waals surface area contributed by atoms with Gasteiger partial charge in [0.2, 0.25) is 0 Å². The van der Waals surface area contributed by atoms with Crippen molar-refractivity contribution >= 4 is 11.6 Å². The Morgan fingerprint density at radius 2 is 1.19 bits per heavy atom. The molecule has 0 spiro atoms. The van der Waals surface area contributed by atoms with E-state index in [9.17, 15) is 19.4 Å². The highest BCUT2D eigenvalue weighted by atomic mass is 19.1. The first-order chi connectivity index (χ1) is 15.0. The van der Waals surface area contributed by atoms with Gasteiger partial charge in [-0.2, -0.15) is 0 Å². The molecule has 31 heavy (non-hydrogen) atoms. The molecule has 152 valence electrons. The van der Waals surface area contributed by atoms with Crippen LogP contribution in [-0.2, 0) is 5.54 Å². The second kappa shape index (κ2) is 6.99. The molecule has 4 aromatic carbocycles. The molecule has 0 atom stereocenters. The van der Waals surface area contributed by atoms with Gasteiger partial charge in [-0.25, -0.2) is 4.39 Å². The van der Waals surface area contributed by atoms with Gasteiger partial charge < -0.3 is 10.2 Å². The van der Waals surface area contributed by atoms with Crippen LogP contribution in [-0.4, -0.2) is 16.1 Å². The number of nitrogens with zero attached hydrogens (tertiary/aromatic N) is 1. The van der Waals surface area contributed by atoms with Gasteiger partial charge in [0.25, 0.3) is 5.91 Å². The van der Waals surface area contributed by atoms with E-state index in [0.717, 1.165) is 16.7 Å². The molecule has 0 saturated carbocycles. The molecule has 4 aromatic rings. The fourth-order valence-corrected chi connectivity index (χ4v) is 4.42. The minimum atomic E-state index is -1.08. The van der Waals surface area contributed by atoms with Gasteiger partial charge in [-0.3, -0.25) is 9.69 Å². The van der Waals surface area contributed by atoms with Crippen molar-refractivity contribution in [2.75, 3.05) is 4.90 Å². The Hall–Kier alpha value is -4.12. The van der Waals surface area contributed by atoms with Crippen LogP contribution in [0.4, 0.5) is 10.1 Å². The van der Waals surface area contributed by atoms with Gasteiger partial charge in [0.15, 0.2) is 0 Å². The average molecular weight is 411 g/mol. The van der Waals surface area contributed by atoms with Gasteiger partial charge in [0.1, 0.15) is 22.9 Å². The molecule has 4 nitrogen and oxygen atoms in total. The quantitative estimate of drug-likeness (QED) is 0.488. The number of phenols is 2. The highest BCUT2D eigenvalue weighted by molar-refractivity contribution is 6.13. The monoisotopic (exact) mass is 411 g/mol. The van der Waals surface area contributed by atoms with Gasteiger partial charge in [-0.15, -0.1) is 0 Å². The fourth-order valence-electron chi connectivity index (χ4n) is 4.42. The summed E-state index contributed by atoms with van der Waals surface area (Å²) in [6.45, 7) is 0. The smallest absolute Gasteiger partial charge is 0.260 e. The molecule has 1 aliphatic heterocycles. The van der Waals surface area contributed by atoms with E-state index in [1.165, 1.54) is 12.1 Å². The third-order valence-corrected chi connectivity index (χ3v) is 5.74. The van der Waals surface area contributed by atoms with Crippen molar-refractivity contribution in [3.05, 3.63) is 125 Å². The zero-order valence-electron chi connectivity index (χ0n) is 16.4. The van der Waals surface area contributed by atoms with Crippen LogP contribution in [0.25, 0.3) is 0 Å². The van der Waals surface area contributed by atoms with Crippen molar-refractivity contribution < 1.29 is 19.4 Å². The van der Waals surface area contributed by atoms with Crippen molar-refractivity contribution in [2.45, 2.75) is 5.54 Å².